The molecule has 4 nitrogen and oxygen atoms in total. The molecular formula is C12H18BrO4P. The van der Waals surface area contributed by atoms with Gasteiger partial charge in [-0.15, -0.1) is 0 Å². The van der Waals surface area contributed by atoms with Crippen molar-refractivity contribution in [1.29, 1.82) is 0 Å². The molecule has 0 unspecified atom stereocenters. The van der Waals surface area contributed by atoms with Gasteiger partial charge < -0.3 is 13.8 Å². The molecule has 0 aromatic heterocycles. The van der Waals surface area contributed by atoms with Crippen LogP contribution in [0.4, 0.5) is 0 Å². The number of hydrogen-bond donors (Lipinski definition) is 0. The van der Waals surface area contributed by atoms with E-state index in [0.717, 1.165) is 10.0 Å². The summed E-state index contributed by atoms with van der Waals surface area (Å²) in [7, 11) is -1.47. The molecule has 6 heteroatoms. The molecule has 0 amide bonds. The van der Waals surface area contributed by atoms with Crippen molar-refractivity contribution < 1.29 is 18.3 Å². The fourth-order valence-corrected chi connectivity index (χ4v) is 3.64. The minimum atomic E-state index is -3.06. The first kappa shape index (κ1) is 15.7. The molecule has 0 atom stereocenters. The van der Waals surface area contributed by atoms with Crippen molar-refractivity contribution in [2.75, 3.05) is 20.3 Å². The Balaban J connectivity index is 2.90. The summed E-state index contributed by atoms with van der Waals surface area (Å²) in [6.45, 7) is 4.33. The van der Waals surface area contributed by atoms with E-state index in [1.54, 1.807) is 21.0 Å². The second kappa shape index (κ2) is 7.29. The average Bonchev–Trinajstić information content (AvgIpc) is 2.32. The second-order valence-corrected chi connectivity index (χ2v) is 6.48. The molecule has 0 radical (unpaired) electrons. The lowest BCUT2D eigenvalue weighted by atomic mass is 10.2. The van der Waals surface area contributed by atoms with Crippen molar-refractivity contribution >= 4 is 23.5 Å². The fourth-order valence-electron chi connectivity index (χ4n) is 1.55. The van der Waals surface area contributed by atoms with Gasteiger partial charge in [-0.05, 0) is 47.5 Å². The minimum Gasteiger partial charge on any atom is -0.496 e. The van der Waals surface area contributed by atoms with Crippen molar-refractivity contribution in [3.63, 3.8) is 0 Å². The summed E-state index contributed by atoms with van der Waals surface area (Å²) >= 11 is 3.38. The zero-order valence-electron chi connectivity index (χ0n) is 10.8. The van der Waals surface area contributed by atoms with Gasteiger partial charge in [-0.1, -0.05) is 6.07 Å². The molecule has 0 bridgehead atoms. The van der Waals surface area contributed by atoms with Crippen LogP contribution in [0, 0.1) is 0 Å². The molecule has 0 heterocycles. The molecule has 0 spiro atoms. The third kappa shape index (κ3) is 4.39. The number of hydrogen-bond acceptors (Lipinski definition) is 4. The third-order valence-electron chi connectivity index (χ3n) is 2.24. The summed E-state index contributed by atoms with van der Waals surface area (Å²) in [4.78, 5) is 0. The van der Waals surface area contributed by atoms with Crippen molar-refractivity contribution in [2.45, 2.75) is 20.0 Å². The Morgan fingerprint density at radius 1 is 1.22 bits per heavy atom. The van der Waals surface area contributed by atoms with Gasteiger partial charge in [-0.2, -0.15) is 0 Å². The Morgan fingerprint density at radius 3 is 2.33 bits per heavy atom. The first-order valence-corrected chi connectivity index (χ1v) is 8.27. The molecule has 0 aliphatic rings. The molecule has 1 rings (SSSR count). The Bertz CT molecular complexity index is 426. The van der Waals surface area contributed by atoms with Crippen molar-refractivity contribution in [3.05, 3.63) is 28.2 Å². The minimum absolute atomic E-state index is 0.248. The molecule has 0 fully saturated rings. The van der Waals surface area contributed by atoms with Crippen molar-refractivity contribution in [3.8, 4) is 5.75 Å². The summed E-state index contributed by atoms with van der Waals surface area (Å²) < 4.78 is 28.9. The summed E-state index contributed by atoms with van der Waals surface area (Å²) in [5, 5.41) is 0. The number of ether oxygens (including phenoxy) is 1. The second-order valence-electron chi connectivity index (χ2n) is 3.57. The van der Waals surface area contributed by atoms with Crippen molar-refractivity contribution in [1.82, 2.24) is 0 Å². The van der Waals surface area contributed by atoms with Crippen LogP contribution in [0.15, 0.2) is 22.7 Å². The number of benzene rings is 1. The van der Waals surface area contributed by atoms with Crippen LogP contribution < -0.4 is 4.74 Å². The van der Waals surface area contributed by atoms with Gasteiger partial charge in [0.2, 0.25) is 0 Å². The highest BCUT2D eigenvalue weighted by Crippen LogP contribution is 2.51. The summed E-state index contributed by atoms with van der Waals surface area (Å²) in [5.74, 6) is 0.701. The van der Waals surface area contributed by atoms with Gasteiger partial charge in [0.1, 0.15) is 5.75 Å². The number of halogens is 1. The first-order chi connectivity index (χ1) is 8.54. The van der Waals surface area contributed by atoms with Gasteiger partial charge in [0.15, 0.2) is 0 Å². The zero-order chi connectivity index (χ0) is 13.6. The summed E-state index contributed by atoms with van der Waals surface area (Å²) in [6, 6.07) is 5.56. The smallest absolute Gasteiger partial charge is 0.335 e. The van der Waals surface area contributed by atoms with Crippen LogP contribution in [-0.4, -0.2) is 20.3 Å². The molecular weight excluding hydrogens is 319 g/mol. The van der Waals surface area contributed by atoms with E-state index in [4.69, 9.17) is 13.8 Å². The maximum Gasteiger partial charge on any atom is 0.335 e. The van der Waals surface area contributed by atoms with Gasteiger partial charge >= 0.3 is 7.60 Å². The molecule has 1 aromatic carbocycles. The monoisotopic (exact) mass is 336 g/mol. The molecule has 18 heavy (non-hydrogen) atoms. The molecule has 102 valence electrons. The van der Waals surface area contributed by atoms with Crippen LogP contribution in [0.3, 0.4) is 0 Å². The SMILES string of the molecule is CCOP(=O)(Cc1ccc(Br)c(OC)c1)OCC. The average molecular weight is 337 g/mol. The predicted molar refractivity (Wildman–Crippen MR) is 75.3 cm³/mol. The number of rotatable bonds is 7. The molecule has 0 aliphatic carbocycles. The molecule has 0 saturated heterocycles. The highest BCUT2D eigenvalue weighted by molar-refractivity contribution is 9.10. The molecule has 0 saturated carbocycles. The third-order valence-corrected chi connectivity index (χ3v) is 4.95. The van der Waals surface area contributed by atoms with Crippen molar-refractivity contribution in [2.24, 2.45) is 0 Å². The summed E-state index contributed by atoms with van der Waals surface area (Å²) in [5.41, 5.74) is 0.861. The highest BCUT2D eigenvalue weighted by atomic mass is 79.9. The van der Waals surface area contributed by atoms with Gasteiger partial charge in [0.05, 0.1) is 31.0 Å². The molecule has 0 N–H and O–H groups in total. The van der Waals surface area contributed by atoms with E-state index in [1.165, 1.54) is 0 Å². The van der Waals surface area contributed by atoms with Crippen LogP contribution in [0.5, 0.6) is 5.75 Å². The van der Waals surface area contributed by atoms with Gasteiger partial charge in [0.25, 0.3) is 0 Å². The Hall–Kier alpha value is -0.350. The van der Waals surface area contributed by atoms with Crippen LogP contribution in [0.2, 0.25) is 0 Å². The van der Waals surface area contributed by atoms with Crippen LogP contribution >= 0.6 is 23.5 Å². The summed E-state index contributed by atoms with van der Waals surface area (Å²) in [6.07, 6.45) is 0.248. The van der Waals surface area contributed by atoms with E-state index in [-0.39, 0.29) is 6.16 Å². The standard InChI is InChI=1S/C12H18BrO4P/c1-4-16-18(14,17-5-2)9-10-6-7-11(13)12(8-10)15-3/h6-8H,4-5,9H2,1-3H3. The van der Waals surface area contributed by atoms with Gasteiger partial charge in [-0.25, -0.2) is 0 Å². The van der Waals surface area contributed by atoms with Crippen LogP contribution in [0.1, 0.15) is 19.4 Å². The van der Waals surface area contributed by atoms with Crippen LogP contribution in [0.25, 0.3) is 0 Å². The fraction of sp³-hybridized carbons (Fsp3) is 0.500. The van der Waals surface area contributed by atoms with E-state index in [2.05, 4.69) is 15.9 Å². The first-order valence-electron chi connectivity index (χ1n) is 5.75. The lowest BCUT2D eigenvalue weighted by molar-refractivity contribution is 0.219. The molecule has 0 aliphatic heterocycles. The van der Waals surface area contributed by atoms with E-state index >= 15 is 0 Å². The van der Waals surface area contributed by atoms with E-state index in [1.807, 2.05) is 18.2 Å². The lowest BCUT2D eigenvalue weighted by Crippen LogP contribution is -1.99. The normalized spacial score (nSPS) is 11.6. The van der Waals surface area contributed by atoms with E-state index in [0.29, 0.717) is 19.0 Å². The predicted octanol–water partition coefficient (Wildman–Crippen LogP) is 4.22. The highest BCUT2D eigenvalue weighted by Gasteiger charge is 2.24. The Labute approximate surface area is 116 Å². The largest absolute Gasteiger partial charge is 0.496 e. The maximum absolute atomic E-state index is 12.4. The molecule has 1 aromatic rings. The van der Waals surface area contributed by atoms with Gasteiger partial charge in [-0.3, -0.25) is 4.57 Å². The Kier molecular flexibility index (Phi) is 6.36. The quantitative estimate of drug-likeness (QED) is 0.699. The maximum atomic E-state index is 12.4. The van der Waals surface area contributed by atoms with Gasteiger partial charge in [0, 0.05) is 0 Å². The topological polar surface area (TPSA) is 44.8 Å². The van der Waals surface area contributed by atoms with E-state index in [9.17, 15) is 4.57 Å². The van der Waals surface area contributed by atoms with Crippen LogP contribution in [-0.2, 0) is 19.8 Å². The number of methoxy groups -OCH3 is 1. The zero-order valence-corrected chi connectivity index (χ0v) is 13.3. The Morgan fingerprint density at radius 2 is 1.83 bits per heavy atom. The van der Waals surface area contributed by atoms with E-state index < -0.39 is 7.60 Å². The lowest BCUT2D eigenvalue weighted by Gasteiger charge is -2.17.